The number of aryl methyl sites for hydroxylation is 2. The van der Waals surface area contributed by atoms with Gasteiger partial charge in [-0.3, -0.25) is 9.88 Å². The average Bonchev–Trinajstić information content (AvgIpc) is 3.13. The Balaban J connectivity index is 1.59. The average molecular weight is 338 g/mol. The van der Waals surface area contributed by atoms with Gasteiger partial charge in [-0.15, -0.1) is 0 Å². The van der Waals surface area contributed by atoms with Crippen molar-refractivity contribution >= 4 is 5.82 Å². The van der Waals surface area contributed by atoms with Gasteiger partial charge in [0.05, 0.1) is 18.5 Å². The monoisotopic (exact) mass is 338 g/mol. The molecule has 132 valence electrons. The van der Waals surface area contributed by atoms with Crippen LogP contribution in [0.5, 0.6) is 5.75 Å². The lowest BCUT2D eigenvalue weighted by molar-refractivity contribution is 0.279. The predicted molar refractivity (Wildman–Crippen MR) is 99.1 cm³/mol. The molecule has 3 heterocycles. The Morgan fingerprint density at radius 1 is 1.08 bits per heavy atom. The van der Waals surface area contributed by atoms with Gasteiger partial charge in [-0.1, -0.05) is 12.1 Å². The second-order valence-corrected chi connectivity index (χ2v) is 7.41. The summed E-state index contributed by atoms with van der Waals surface area (Å²) in [6.07, 6.45) is 1.85. The van der Waals surface area contributed by atoms with Crippen molar-refractivity contribution in [3.63, 3.8) is 0 Å². The molecular weight excluding hydrogens is 312 g/mol. The zero-order chi connectivity index (χ0) is 17.6. The molecule has 0 radical (unpaired) electrons. The van der Waals surface area contributed by atoms with Crippen LogP contribution in [-0.2, 0) is 0 Å². The number of fused-ring (bicyclic) bond motifs is 1. The molecule has 1 aromatic carbocycles. The largest absolute Gasteiger partial charge is 0.497 e. The van der Waals surface area contributed by atoms with Gasteiger partial charge in [0.25, 0.3) is 0 Å². The molecule has 0 amide bonds. The van der Waals surface area contributed by atoms with Gasteiger partial charge in [0, 0.05) is 37.8 Å². The van der Waals surface area contributed by atoms with Gasteiger partial charge in [0.2, 0.25) is 0 Å². The Kier molecular flexibility index (Phi) is 4.12. The van der Waals surface area contributed by atoms with E-state index < -0.39 is 0 Å². The fourth-order valence-electron chi connectivity index (χ4n) is 4.56. The molecule has 4 rings (SSSR count). The van der Waals surface area contributed by atoms with E-state index in [9.17, 15) is 0 Å². The number of anilines is 1. The van der Waals surface area contributed by atoms with Gasteiger partial charge in [-0.25, -0.2) is 4.98 Å². The summed E-state index contributed by atoms with van der Waals surface area (Å²) in [6, 6.07) is 9.02. The summed E-state index contributed by atoms with van der Waals surface area (Å²) in [7, 11) is 3.96. The molecule has 2 saturated heterocycles. The highest BCUT2D eigenvalue weighted by molar-refractivity contribution is 5.45. The number of rotatable bonds is 3. The minimum Gasteiger partial charge on any atom is -0.497 e. The van der Waals surface area contributed by atoms with Crippen LogP contribution in [0, 0.1) is 25.7 Å². The van der Waals surface area contributed by atoms with Crippen molar-refractivity contribution in [1.29, 1.82) is 0 Å². The van der Waals surface area contributed by atoms with Crippen LogP contribution in [-0.4, -0.2) is 48.7 Å². The van der Waals surface area contributed by atoms with Crippen molar-refractivity contribution in [3.05, 3.63) is 47.4 Å². The molecular formula is C20H26N4O. The van der Waals surface area contributed by atoms with Crippen LogP contribution < -0.4 is 9.64 Å². The van der Waals surface area contributed by atoms with Crippen LogP contribution >= 0.6 is 0 Å². The lowest BCUT2D eigenvalue weighted by Crippen LogP contribution is -2.30. The maximum absolute atomic E-state index is 5.31. The summed E-state index contributed by atoms with van der Waals surface area (Å²) in [5.74, 6) is 3.28. The van der Waals surface area contributed by atoms with Gasteiger partial charge in [0.15, 0.2) is 0 Å². The van der Waals surface area contributed by atoms with Gasteiger partial charge >= 0.3 is 0 Å². The molecule has 0 spiro atoms. The summed E-state index contributed by atoms with van der Waals surface area (Å²) in [5.41, 5.74) is 3.39. The van der Waals surface area contributed by atoms with E-state index in [2.05, 4.69) is 53.0 Å². The molecule has 2 aromatic rings. The van der Waals surface area contributed by atoms with Crippen LogP contribution in [0.25, 0.3) is 0 Å². The van der Waals surface area contributed by atoms with Gasteiger partial charge in [-0.2, -0.15) is 0 Å². The van der Waals surface area contributed by atoms with Crippen molar-refractivity contribution in [2.75, 3.05) is 38.7 Å². The minimum atomic E-state index is 0.457. The maximum atomic E-state index is 5.31. The molecule has 0 aliphatic carbocycles. The van der Waals surface area contributed by atoms with Crippen molar-refractivity contribution in [1.82, 2.24) is 14.9 Å². The topological polar surface area (TPSA) is 41.5 Å². The number of benzene rings is 1. The fraction of sp³-hybridized carbons (Fsp3) is 0.500. The molecule has 0 N–H and O–H groups in total. The first kappa shape index (κ1) is 16.3. The Morgan fingerprint density at radius 3 is 2.56 bits per heavy atom. The van der Waals surface area contributed by atoms with Crippen molar-refractivity contribution in [2.45, 2.75) is 19.9 Å². The Bertz CT molecular complexity index is 761. The van der Waals surface area contributed by atoms with Crippen LogP contribution in [0.3, 0.4) is 0 Å². The van der Waals surface area contributed by atoms with E-state index in [0.29, 0.717) is 17.9 Å². The highest BCUT2D eigenvalue weighted by atomic mass is 16.5. The van der Waals surface area contributed by atoms with Crippen LogP contribution in [0.4, 0.5) is 5.82 Å². The molecule has 0 bridgehead atoms. The van der Waals surface area contributed by atoms with E-state index in [1.807, 2.05) is 13.1 Å². The minimum absolute atomic E-state index is 0.457. The molecule has 3 atom stereocenters. The maximum Gasteiger partial charge on any atom is 0.150 e. The number of nitrogens with zero attached hydrogens (tertiary/aromatic N) is 4. The molecule has 2 aliphatic heterocycles. The number of aromatic nitrogens is 2. The Labute approximate surface area is 149 Å². The van der Waals surface area contributed by atoms with Crippen molar-refractivity contribution in [2.24, 2.45) is 11.8 Å². The summed E-state index contributed by atoms with van der Waals surface area (Å²) < 4.78 is 5.31. The Hall–Kier alpha value is -2.14. The van der Waals surface area contributed by atoms with E-state index in [0.717, 1.165) is 42.6 Å². The quantitative estimate of drug-likeness (QED) is 0.861. The molecule has 25 heavy (non-hydrogen) atoms. The van der Waals surface area contributed by atoms with E-state index >= 15 is 0 Å². The van der Waals surface area contributed by atoms with Crippen LogP contribution in [0.15, 0.2) is 30.5 Å². The SMILES string of the molecule is COc1ccc([C@H]2[C@@H]3CN(c4nc(C)cnc4C)C[C@@H]3CN2C)cc1. The van der Waals surface area contributed by atoms with Crippen molar-refractivity contribution in [3.8, 4) is 5.75 Å². The first-order chi connectivity index (χ1) is 12.1. The standard InChI is InChI=1S/C20H26N4O/c1-13-9-21-14(2)20(22-13)24-11-16-10-23(3)19(18(16)12-24)15-5-7-17(25-4)8-6-15/h5-9,16,18-19H,10-12H2,1-4H3/t16-,18+,19-/m0/s1. The third-order valence-corrected chi connectivity index (χ3v) is 5.70. The van der Waals surface area contributed by atoms with E-state index in [1.165, 1.54) is 5.56 Å². The summed E-state index contributed by atoms with van der Waals surface area (Å²) >= 11 is 0. The normalized spacial score (nSPS) is 26.1. The number of ether oxygens (including phenoxy) is 1. The molecule has 1 aromatic heterocycles. The van der Waals surface area contributed by atoms with Crippen LogP contribution in [0.1, 0.15) is 23.0 Å². The second kappa shape index (κ2) is 6.30. The molecule has 0 unspecified atom stereocenters. The second-order valence-electron chi connectivity index (χ2n) is 7.41. The number of hydrogen-bond donors (Lipinski definition) is 0. The third-order valence-electron chi connectivity index (χ3n) is 5.70. The Morgan fingerprint density at radius 2 is 1.84 bits per heavy atom. The summed E-state index contributed by atoms with van der Waals surface area (Å²) in [5, 5.41) is 0. The highest BCUT2D eigenvalue weighted by Gasteiger charge is 2.46. The predicted octanol–water partition coefficient (Wildman–Crippen LogP) is 2.84. The molecule has 2 aliphatic rings. The lowest BCUT2D eigenvalue weighted by atomic mass is 9.89. The highest BCUT2D eigenvalue weighted by Crippen LogP contribution is 2.45. The summed E-state index contributed by atoms with van der Waals surface area (Å²) in [6.45, 7) is 7.32. The van der Waals surface area contributed by atoms with E-state index in [-0.39, 0.29) is 0 Å². The van der Waals surface area contributed by atoms with Gasteiger partial charge in [0.1, 0.15) is 11.6 Å². The van der Waals surface area contributed by atoms with Gasteiger partial charge < -0.3 is 9.64 Å². The molecule has 5 heteroatoms. The first-order valence-corrected chi connectivity index (χ1v) is 8.96. The zero-order valence-corrected chi connectivity index (χ0v) is 15.4. The number of likely N-dealkylation sites (tertiary alicyclic amines) is 1. The molecule has 2 fully saturated rings. The first-order valence-electron chi connectivity index (χ1n) is 8.96. The fourth-order valence-corrected chi connectivity index (χ4v) is 4.56. The van der Waals surface area contributed by atoms with E-state index in [1.54, 1.807) is 7.11 Å². The third kappa shape index (κ3) is 2.86. The number of methoxy groups -OCH3 is 1. The van der Waals surface area contributed by atoms with Crippen molar-refractivity contribution < 1.29 is 4.74 Å². The number of hydrogen-bond acceptors (Lipinski definition) is 5. The molecule has 5 nitrogen and oxygen atoms in total. The molecule has 0 saturated carbocycles. The summed E-state index contributed by atoms with van der Waals surface area (Å²) in [4.78, 5) is 14.2. The smallest absolute Gasteiger partial charge is 0.150 e. The zero-order valence-electron chi connectivity index (χ0n) is 15.4. The van der Waals surface area contributed by atoms with E-state index in [4.69, 9.17) is 9.72 Å². The van der Waals surface area contributed by atoms with Crippen LogP contribution in [0.2, 0.25) is 0 Å². The lowest BCUT2D eigenvalue weighted by Gasteiger charge is -2.27. The van der Waals surface area contributed by atoms with Gasteiger partial charge in [-0.05, 0) is 44.5 Å².